The van der Waals surface area contributed by atoms with Crippen LogP contribution >= 0.6 is 23.9 Å². The average Bonchev–Trinajstić information content (AvgIpc) is 2.65. The third-order valence-electron chi connectivity index (χ3n) is 4.39. The molecule has 0 N–H and O–H groups in total. The van der Waals surface area contributed by atoms with Gasteiger partial charge in [0.05, 0.1) is 0 Å². The van der Waals surface area contributed by atoms with Crippen LogP contribution in [0.4, 0.5) is 0 Å². The zero-order valence-corrected chi connectivity index (χ0v) is 19.5. The molecule has 2 atom stereocenters. The summed E-state index contributed by atoms with van der Waals surface area (Å²) >= 11 is 3.61. The summed E-state index contributed by atoms with van der Waals surface area (Å²) in [6.07, 6.45) is 6.83. The zero-order chi connectivity index (χ0) is 16.4. The Kier molecular flexibility index (Phi) is 6.31. The zero-order valence-electron chi connectivity index (χ0n) is 13.6. The number of rotatable bonds is 4. The van der Waals surface area contributed by atoms with Gasteiger partial charge in [0.25, 0.3) is 0 Å². The van der Waals surface area contributed by atoms with E-state index in [1.165, 1.54) is 39.9 Å². The molecule has 9 heteroatoms. The first-order valence-electron chi connectivity index (χ1n) is 8.12. The van der Waals surface area contributed by atoms with Crippen molar-refractivity contribution in [3.63, 3.8) is 0 Å². The minimum absolute atomic E-state index is 0.0194. The normalized spacial score (nSPS) is 29.8. The van der Waals surface area contributed by atoms with Gasteiger partial charge in [0.2, 0.25) is 0 Å². The third-order valence-corrected chi connectivity index (χ3v) is 11.5. The van der Waals surface area contributed by atoms with Crippen molar-refractivity contribution in [2.45, 2.75) is 22.8 Å². The minimum atomic E-state index is -0.0194. The van der Waals surface area contributed by atoms with Gasteiger partial charge in [-0.1, -0.05) is 0 Å². The summed E-state index contributed by atoms with van der Waals surface area (Å²) in [6, 6.07) is 0.597. The van der Waals surface area contributed by atoms with Crippen LogP contribution < -0.4 is 42.4 Å². The standard InChI is InChI=1S/C15H21I2N5S2/c1-16-13-15-20-24-10-11(22(15)6-4-18-13)9-17-12-3-2-5-21-7-8-23-19-14(12)21/h4,6,11-12H,2-3,5,7-10H2,1H3/q-2. The number of amidine groups is 2. The van der Waals surface area contributed by atoms with Crippen LogP contribution in [0.1, 0.15) is 12.8 Å². The SMILES string of the molecule is C[I-]C1=NC=CN2C1=NSCC2C[I-]C1CCCN2CCSN=C12. The Morgan fingerprint density at radius 1 is 1.29 bits per heavy atom. The molecule has 0 spiro atoms. The van der Waals surface area contributed by atoms with E-state index in [2.05, 4.69) is 25.9 Å². The number of hydrogen-bond acceptors (Lipinski definition) is 7. The second-order valence-electron chi connectivity index (χ2n) is 5.87. The monoisotopic (exact) mass is 589 g/mol. The molecule has 1 saturated heterocycles. The topological polar surface area (TPSA) is 43.6 Å². The Labute approximate surface area is 173 Å². The molecule has 0 aliphatic carbocycles. The molecule has 0 aromatic rings. The first-order chi connectivity index (χ1) is 11.9. The van der Waals surface area contributed by atoms with E-state index < -0.39 is 0 Å². The molecule has 0 bridgehead atoms. The van der Waals surface area contributed by atoms with E-state index in [9.17, 15) is 0 Å². The van der Waals surface area contributed by atoms with Crippen molar-refractivity contribution in [3.8, 4) is 0 Å². The summed E-state index contributed by atoms with van der Waals surface area (Å²) in [4.78, 5) is 11.8. The van der Waals surface area contributed by atoms with Gasteiger partial charge >= 0.3 is 174 Å². The van der Waals surface area contributed by atoms with E-state index in [0.29, 0.717) is 6.04 Å². The van der Waals surface area contributed by atoms with Crippen LogP contribution in [0.3, 0.4) is 0 Å². The number of piperidine rings is 1. The van der Waals surface area contributed by atoms with Crippen LogP contribution in [0.25, 0.3) is 0 Å². The van der Waals surface area contributed by atoms with Crippen LogP contribution in [-0.2, 0) is 0 Å². The van der Waals surface area contributed by atoms with E-state index in [1.54, 1.807) is 23.9 Å². The van der Waals surface area contributed by atoms with Crippen molar-refractivity contribution in [2.75, 3.05) is 34.0 Å². The molecule has 4 rings (SSSR count). The Hall–Kier alpha value is 0.510. The molecule has 0 saturated carbocycles. The van der Waals surface area contributed by atoms with Gasteiger partial charge < -0.3 is 0 Å². The molecule has 4 aliphatic heterocycles. The van der Waals surface area contributed by atoms with Crippen molar-refractivity contribution in [3.05, 3.63) is 12.4 Å². The maximum atomic E-state index is 4.82. The van der Waals surface area contributed by atoms with Crippen molar-refractivity contribution < 1.29 is 42.4 Å². The number of fused-ring (bicyclic) bond motifs is 2. The summed E-state index contributed by atoms with van der Waals surface area (Å²) in [5, 5.41) is 0. The molecule has 5 nitrogen and oxygen atoms in total. The van der Waals surface area contributed by atoms with Crippen LogP contribution in [0.5, 0.6) is 0 Å². The predicted octanol–water partition coefficient (Wildman–Crippen LogP) is -4.07. The molecule has 1 fully saturated rings. The van der Waals surface area contributed by atoms with Gasteiger partial charge in [-0.05, 0) is 0 Å². The van der Waals surface area contributed by atoms with Gasteiger partial charge in [0.15, 0.2) is 0 Å². The van der Waals surface area contributed by atoms with E-state index in [4.69, 9.17) is 8.80 Å². The van der Waals surface area contributed by atoms with Crippen LogP contribution in [0.2, 0.25) is 0 Å². The Morgan fingerprint density at radius 3 is 3.17 bits per heavy atom. The summed E-state index contributed by atoms with van der Waals surface area (Å²) < 4.78 is 12.8. The second-order valence-corrected chi connectivity index (χ2v) is 12.9. The number of aliphatic imine (C=N–C) groups is 1. The predicted molar refractivity (Wildman–Crippen MR) is 97.4 cm³/mol. The molecular weight excluding hydrogens is 568 g/mol. The first-order valence-corrected chi connectivity index (χ1v) is 16.0. The van der Waals surface area contributed by atoms with Crippen molar-refractivity contribution in [1.82, 2.24) is 9.80 Å². The van der Waals surface area contributed by atoms with Gasteiger partial charge in [-0.15, -0.1) is 0 Å². The van der Waals surface area contributed by atoms with E-state index >= 15 is 0 Å². The van der Waals surface area contributed by atoms with Crippen LogP contribution in [0, 0.1) is 0 Å². The number of nitrogens with zero attached hydrogens (tertiary/aromatic N) is 5. The first kappa shape index (κ1) is 17.9. The second kappa shape index (κ2) is 8.47. The molecule has 0 aromatic heterocycles. The Bertz CT molecular complexity index is 607. The average molecular weight is 589 g/mol. The van der Waals surface area contributed by atoms with E-state index in [-0.39, 0.29) is 42.4 Å². The van der Waals surface area contributed by atoms with Gasteiger partial charge in [0.1, 0.15) is 0 Å². The number of hydrogen-bond donors (Lipinski definition) is 0. The third kappa shape index (κ3) is 3.78. The Morgan fingerprint density at radius 2 is 2.25 bits per heavy atom. The summed E-state index contributed by atoms with van der Waals surface area (Å²) in [5.74, 6) is 4.85. The summed E-state index contributed by atoms with van der Waals surface area (Å²) in [7, 11) is 0. The van der Waals surface area contributed by atoms with Crippen molar-refractivity contribution in [1.29, 1.82) is 0 Å². The fourth-order valence-electron chi connectivity index (χ4n) is 3.17. The molecule has 134 valence electrons. The van der Waals surface area contributed by atoms with Crippen molar-refractivity contribution in [2.24, 2.45) is 13.8 Å². The molecule has 4 aliphatic rings. The fraction of sp³-hybridized carbons (Fsp3) is 0.667. The van der Waals surface area contributed by atoms with Crippen molar-refractivity contribution >= 4 is 39.3 Å². The fourth-order valence-corrected chi connectivity index (χ4v) is 10.6. The molecule has 0 aromatic carbocycles. The van der Waals surface area contributed by atoms with Gasteiger partial charge in [-0.3, -0.25) is 0 Å². The van der Waals surface area contributed by atoms with E-state index in [0.717, 1.165) is 21.3 Å². The van der Waals surface area contributed by atoms with Gasteiger partial charge in [0, 0.05) is 0 Å². The molecule has 4 heterocycles. The van der Waals surface area contributed by atoms with E-state index in [1.807, 2.05) is 6.20 Å². The number of halogens is 2. The van der Waals surface area contributed by atoms with Gasteiger partial charge in [-0.25, -0.2) is 0 Å². The summed E-state index contributed by atoms with van der Waals surface area (Å²) in [6.45, 7) is 2.43. The summed E-state index contributed by atoms with van der Waals surface area (Å²) in [5.41, 5.74) is 0. The quantitative estimate of drug-likeness (QED) is 0.191. The molecule has 2 unspecified atom stereocenters. The van der Waals surface area contributed by atoms with Crippen LogP contribution in [-0.4, -0.2) is 69.1 Å². The maximum absolute atomic E-state index is 4.82. The molecular formula is C15H21I2N5S2-2. The molecule has 24 heavy (non-hydrogen) atoms. The molecule has 0 amide bonds. The number of alkyl halides is 3. The van der Waals surface area contributed by atoms with Gasteiger partial charge in [-0.2, -0.15) is 0 Å². The molecule has 0 radical (unpaired) electrons. The van der Waals surface area contributed by atoms with Crippen LogP contribution in [0.15, 0.2) is 26.2 Å². The Balaban J connectivity index is 1.41.